The Morgan fingerprint density at radius 2 is 1.94 bits per heavy atom. The van der Waals surface area contributed by atoms with Crippen LogP contribution in [0, 0.1) is 11.8 Å². The summed E-state index contributed by atoms with van der Waals surface area (Å²) >= 11 is 0. The lowest BCUT2D eigenvalue weighted by atomic mass is 9.87. The van der Waals surface area contributed by atoms with Crippen molar-refractivity contribution in [2.75, 3.05) is 0 Å². The smallest absolute Gasteiger partial charge is 0.168 e. The van der Waals surface area contributed by atoms with E-state index in [9.17, 15) is 4.79 Å². The third-order valence-corrected chi connectivity index (χ3v) is 3.86. The van der Waals surface area contributed by atoms with E-state index in [1.807, 2.05) is 24.3 Å². The molecule has 1 aromatic carbocycles. The number of ketones is 1. The maximum atomic E-state index is 12.4. The van der Waals surface area contributed by atoms with Crippen molar-refractivity contribution in [2.45, 2.75) is 26.2 Å². The molecule has 0 aromatic heterocycles. The molecule has 1 aromatic rings. The van der Waals surface area contributed by atoms with Crippen LogP contribution in [0.25, 0.3) is 0 Å². The van der Waals surface area contributed by atoms with Gasteiger partial charge in [-0.25, -0.2) is 0 Å². The largest absolute Gasteiger partial charge is 0.294 e. The van der Waals surface area contributed by atoms with E-state index >= 15 is 0 Å². The molecule has 2 aliphatic rings. The van der Waals surface area contributed by atoms with Gasteiger partial charge < -0.3 is 0 Å². The average Bonchev–Trinajstić information content (AvgIpc) is 2.74. The van der Waals surface area contributed by atoms with Crippen molar-refractivity contribution < 1.29 is 4.79 Å². The quantitative estimate of drug-likeness (QED) is 0.649. The van der Waals surface area contributed by atoms with E-state index in [2.05, 4.69) is 11.9 Å². The molecule has 0 amide bonds. The highest BCUT2D eigenvalue weighted by Gasteiger charge is 2.37. The average molecular weight is 213 g/mol. The molecule has 1 saturated carbocycles. The van der Waals surface area contributed by atoms with Crippen LogP contribution in [-0.4, -0.2) is 11.5 Å². The van der Waals surface area contributed by atoms with Crippen molar-refractivity contribution in [2.24, 2.45) is 16.8 Å². The summed E-state index contributed by atoms with van der Waals surface area (Å²) in [5, 5.41) is 0. The number of fused-ring (bicyclic) bond motifs is 2. The Morgan fingerprint density at radius 3 is 2.81 bits per heavy atom. The number of carbonyl (C=O) groups is 1. The van der Waals surface area contributed by atoms with Crippen LogP contribution < -0.4 is 0 Å². The number of Topliss-reactive ketones (excluding diaryl/α,β-unsaturated/α-hetero) is 1. The first kappa shape index (κ1) is 9.76. The normalized spacial score (nSPS) is 28.1. The van der Waals surface area contributed by atoms with Crippen LogP contribution >= 0.6 is 0 Å². The van der Waals surface area contributed by atoms with Crippen molar-refractivity contribution >= 4 is 17.2 Å². The van der Waals surface area contributed by atoms with Crippen molar-refractivity contribution in [3.05, 3.63) is 29.8 Å². The van der Waals surface area contributed by atoms with E-state index in [-0.39, 0.29) is 5.92 Å². The SMILES string of the molecule is CC1=Nc2ccccc2C(=O)C2CCC[C@@H]12. The topological polar surface area (TPSA) is 29.4 Å². The predicted molar refractivity (Wildman–Crippen MR) is 64.4 cm³/mol. The lowest BCUT2D eigenvalue weighted by molar-refractivity contribution is 0.0911. The number of rotatable bonds is 0. The lowest BCUT2D eigenvalue weighted by Gasteiger charge is -2.14. The number of hydrogen-bond acceptors (Lipinski definition) is 2. The molecule has 2 nitrogen and oxygen atoms in total. The van der Waals surface area contributed by atoms with Gasteiger partial charge in [-0.1, -0.05) is 18.6 Å². The van der Waals surface area contributed by atoms with Crippen LogP contribution in [0.15, 0.2) is 29.3 Å². The second kappa shape index (κ2) is 3.55. The van der Waals surface area contributed by atoms with Gasteiger partial charge in [-0.3, -0.25) is 9.79 Å². The van der Waals surface area contributed by atoms with E-state index in [0.717, 1.165) is 36.2 Å². The monoisotopic (exact) mass is 213 g/mol. The second-order valence-corrected chi connectivity index (χ2v) is 4.78. The van der Waals surface area contributed by atoms with Crippen LogP contribution in [0.2, 0.25) is 0 Å². The van der Waals surface area contributed by atoms with Gasteiger partial charge in [0, 0.05) is 23.1 Å². The van der Waals surface area contributed by atoms with Crippen LogP contribution in [0.5, 0.6) is 0 Å². The highest BCUT2D eigenvalue weighted by atomic mass is 16.1. The highest BCUT2D eigenvalue weighted by molar-refractivity contribution is 6.08. The Bertz CT molecular complexity index is 475. The molecule has 0 bridgehead atoms. The second-order valence-electron chi connectivity index (χ2n) is 4.78. The van der Waals surface area contributed by atoms with Gasteiger partial charge in [0.1, 0.15) is 0 Å². The molecule has 1 heterocycles. The summed E-state index contributed by atoms with van der Waals surface area (Å²) in [4.78, 5) is 17.0. The molecule has 0 spiro atoms. The minimum atomic E-state index is 0.187. The van der Waals surface area contributed by atoms with Crippen LogP contribution in [0.3, 0.4) is 0 Å². The molecule has 1 fully saturated rings. The minimum absolute atomic E-state index is 0.187. The summed E-state index contributed by atoms with van der Waals surface area (Å²) in [6, 6.07) is 7.73. The van der Waals surface area contributed by atoms with E-state index in [1.54, 1.807) is 0 Å². The highest BCUT2D eigenvalue weighted by Crippen LogP contribution is 2.40. The Kier molecular flexibility index (Phi) is 2.16. The van der Waals surface area contributed by atoms with Gasteiger partial charge in [-0.2, -0.15) is 0 Å². The van der Waals surface area contributed by atoms with E-state index in [0.29, 0.717) is 11.7 Å². The van der Waals surface area contributed by atoms with Crippen molar-refractivity contribution in [1.29, 1.82) is 0 Å². The fourth-order valence-corrected chi connectivity index (χ4v) is 3.03. The van der Waals surface area contributed by atoms with Gasteiger partial charge in [0.2, 0.25) is 0 Å². The van der Waals surface area contributed by atoms with Crippen molar-refractivity contribution in [3.63, 3.8) is 0 Å². The van der Waals surface area contributed by atoms with Gasteiger partial charge in [-0.15, -0.1) is 0 Å². The number of benzene rings is 1. The Morgan fingerprint density at radius 1 is 1.19 bits per heavy atom. The first-order valence-corrected chi connectivity index (χ1v) is 5.96. The lowest BCUT2D eigenvalue weighted by Crippen LogP contribution is -2.22. The standard InChI is InChI=1S/C14H15NO/c1-9-10-6-4-7-11(10)14(16)12-5-2-3-8-13(12)15-9/h2-3,5,8,10-11H,4,6-7H2,1H3/t10-,11?/m0/s1. The number of hydrogen-bond donors (Lipinski definition) is 0. The molecule has 3 rings (SSSR count). The molecule has 1 aliphatic heterocycles. The molecule has 1 unspecified atom stereocenters. The van der Waals surface area contributed by atoms with E-state index < -0.39 is 0 Å². The molecule has 2 heteroatoms. The zero-order chi connectivity index (χ0) is 11.1. The van der Waals surface area contributed by atoms with Gasteiger partial charge in [-0.05, 0) is 31.9 Å². The maximum absolute atomic E-state index is 12.4. The number of aliphatic imine (C=N–C) groups is 1. The summed E-state index contributed by atoms with van der Waals surface area (Å²) in [5.41, 5.74) is 2.82. The first-order chi connectivity index (χ1) is 7.77. The third kappa shape index (κ3) is 1.33. The Balaban J connectivity index is 2.17. The van der Waals surface area contributed by atoms with E-state index in [4.69, 9.17) is 0 Å². The summed E-state index contributed by atoms with van der Waals surface area (Å²) in [5.74, 6) is 0.881. The summed E-state index contributed by atoms with van der Waals surface area (Å²) in [6.45, 7) is 2.07. The zero-order valence-electron chi connectivity index (χ0n) is 9.44. The van der Waals surface area contributed by atoms with Gasteiger partial charge in [0.05, 0.1) is 5.69 Å². The molecule has 2 atom stereocenters. The van der Waals surface area contributed by atoms with Crippen molar-refractivity contribution in [1.82, 2.24) is 0 Å². The Hall–Kier alpha value is -1.44. The van der Waals surface area contributed by atoms with Gasteiger partial charge in [0.15, 0.2) is 5.78 Å². The fourth-order valence-electron chi connectivity index (χ4n) is 3.03. The summed E-state index contributed by atoms with van der Waals surface area (Å²) in [6.07, 6.45) is 3.32. The van der Waals surface area contributed by atoms with Crippen LogP contribution in [0.1, 0.15) is 36.5 Å². The molecule has 16 heavy (non-hydrogen) atoms. The fraction of sp³-hybridized carbons (Fsp3) is 0.429. The Labute approximate surface area is 95.4 Å². The predicted octanol–water partition coefficient (Wildman–Crippen LogP) is 3.39. The summed E-state index contributed by atoms with van der Waals surface area (Å²) < 4.78 is 0. The van der Waals surface area contributed by atoms with Gasteiger partial charge >= 0.3 is 0 Å². The molecular formula is C14H15NO. The van der Waals surface area contributed by atoms with Gasteiger partial charge in [0.25, 0.3) is 0 Å². The summed E-state index contributed by atoms with van der Waals surface area (Å²) in [7, 11) is 0. The minimum Gasteiger partial charge on any atom is -0.294 e. The number of carbonyl (C=O) groups excluding carboxylic acids is 1. The molecule has 0 saturated heterocycles. The van der Waals surface area contributed by atoms with E-state index in [1.165, 1.54) is 0 Å². The van der Waals surface area contributed by atoms with Crippen molar-refractivity contribution in [3.8, 4) is 0 Å². The molecule has 0 radical (unpaired) electrons. The number of nitrogens with zero attached hydrogens (tertiary/aromatic N) is 1. The maximum Gasteiger partial charge on any atom is 0.168 e. The zero-order valence-corrected chi connectivity index (χ0v) is 9.44. The van der Waals surface area contributed by atoms with Crippen LogP contribution in [-0.2, 0) is 0 Å². The van der Waals surface area contributed by atoms with Crippen LogP contribution in [0.4, 0.5) is 5.69 Å². The molecule has 82 valence electrons. The first-order valence-electron chi connectivity index (χ1n) is 5.96. The molecule has 1 aliphatic carbocycles. The third-order valence-electron chi connectivity index (χ3n) is 3.86. The molecular weight excluding hydrogens is 198 g/mol. The number of para-hydroxylation sites is 1. The molecule has 0 N–H and O–H groups in total.